The summed E-state index contributed by atoms with van der Waals surface area (Å²) >= 11 is 1.32. The lowest BCUT2D eigenvalue weighted by Crippen LogP contribution is -1.96. The maximum absolute atomic E-state index is 11.7. The van der Waals surface area contributed by atoms with Crippen LogP contribution >= 0.6 is 11.8 Å². The Bertz CT molecular complexity index is 356. The van der Waals surface area contributed by atoms with Gasteiger partial charge in [0.1, 0.15) is 0 Å². The Hall–Kier alpha value is -1.17. The summed E-state index contributed by atoms with van der Waals surface area (Å²) in [5.74, 6) is 1.03. The van der Waals surface area contributed by atoms with Crippen molar-refractivity contribution in [3.05, 3.63) is 24.4 Å². The summed E-state index contributed by atoms with van der Waals surface area (Å²) in [5.41, 5.74) is 0. The Kier molecular flexibility index (Phi) is 5.77. The first-order chi connectivity index (χ1) is 7.72. The number of aromatic nitrogens is 2. The summed E-state index contributed by atoms with van der Waals surface area (Å²) in [7, 11) is 0. The van der Waals surface area contributed by atoms with Crippen LogP contribution in [0.5, 0.6) is 5.88 Å². The van der Waals surface area contributed by atoms with E-state index in [0.717, 1.165) is 6.08 Å². The second kappa shape index (κ2) is 7.16. The van der Waals surface area contributed by atoms with Gasteiger partial charge in [-0.3, -0.25) is 0 Å². The van der Waals surface area contributed by atoms with E-state index >= 15 is 0 Å². The summed E-state index contributed by atoms with van der Waals surface area (Å²) in [4.78, 5) is 8.10. The zero-order valence-electron chi connectivity index (χ0n) is 8.82. The third-order valence-electron chi connectivity index (χ3n) is 1.55. The van der Waals surface area contributed by atoms with Gasteiger partial charge in [-0.05, 0) is 19.4 Å². The fraction of sp³-hybridized carbons (Fsp3) is 0.400. The molecule has 0 bridgehead atoms. The molecule has 0 aliphatic carbocycles. The molecule has 3 nitrogen and oxygen atoms in total. The van der Waals surface area contributed by atoms with Crippen LogP contribution in [0.3, 0.4) is 0 Å². The minimum absolute atomic E-state index is 0.301. The molecule has 0 amide bonds. The Morgan fingerprint density at radius 1 is 1.56 bits per heavy atom. The normalized spacial score (nSPS) is 9.94. The van der Waals surface area contributed by atoms with Crippen LogP contribution in [0.25, 0.3) is 0 Å². The van der Waals surface area contributed by atoms with Crippen LogP contribution in [0.2, 0.25) is 0 Å². The van der Waals surface area contributed by atoms with E-state index in [-0.39, 0.29) is 0 Å². The third-order valence-corrected chi connectivity index (χ3v) is 2.44. The minimum Gasteiger partial charge on any atom is -0.478 e. The molecule has 0 unspecified atom stereocenters. The maximum atomic E-state index is 11.7. The molecular formula is C10H12F2N2OS. The van der Waals surface area contributed by atoms with Gasteiger partial charge in [-0.25, -0.2) is 4.98 Å². The van der Waals surface area contributed by atoms with Crippen molar-refractivity contribution in [3.8, 4) is 5.88 Å². The fourth-order valence-electron chi connectivity index (χ4n) is 0.941. The number of halogens is 2. The Labute approximate surface area is 96.9 Å². The van der Waals surface area contributed by atoms with Gasteiger partial charge >= 0.3 is 0 Å². The first kappa shape index (κ1) is 12.9. The number of ether oxygens (including phenoxy) is 1. The molecule has 0 saturated heterocycles. The summed E-state index contributed by atoms with van der Waals surface area (Å²) in [6.07, 6.45) is 1.13. The standard InChI is InChI=1S/C10H12F2N2OS/c1-2-15-9-5-6-13-10(14-9)16-7-3-4-8(11)12/h4-6H,2-3,7H2,1H3. The highest BCUT2D eigenvalue weighted by Crippen LogP contribution is 2.17. The maximum Gasteiger partial charge on any atom is 0.266 e. The fourth-order valence-corrected chi connectivity index (χ4v) is 1.65. The van der Waals surface area contributed by atoms with Gasteiger partial charge in [0.05, 0.1) is 6.61 Å². The van der Waals surface area contributed by atoms with Crippen molar-refractivity contribution in [3.63, 3.8) is 0 Å². The van der Waals surface area contributed by atoms with E-state index in [2.05, 4.69) is 9.97 Å². The van der Waals surface area contributed by atoms with E-state index in [1.807, 2.05) is 6.92 Å². The van der Waals surface area contributed by atoms with E-state index in [0.29, 0.717) is 29.8 Å². The Balaban J connectivity index is 2.41. The number of rotatable bonds is 6. The number of allylic oxidation sites excluding steroid dienone is 1. The minimum atomic E-state index is -1.65. The number of nitrogens with zero attached hydrogens (tertiary/aromatic N) is 2. The second-order valence-corrected chi connectivity index (χ2v) is 3.80. The van der Waals surface area contributed by atoms with Crippen LogP contribution < -0.4 is 4.74 Å². The van der Waals surface area contributed by atoms with E-state index in [1.54, 1.807) is 12.3 Å². The van der Waals surface area contributed by atoms with Crippen molar-refractivity contribution in [2.45, 2.75) is 18.5 Å². The molecule has 1 rings (SSSR count). The highest BCUT2D eigenvalue weighted by atomic mass is 32.2. The van der Waals surface area contributed by atoms with Crippen molar-refractivity contribution >= 4 is 11.8 Å². The lowest BCUT2D eigenvalue weighted by atomic mass is 10.5. The van der Waals surface area contributed by atoms with E-state index in [4.69, 9.17) is 4.74 Å². The Morgan fingerprint density at radius 3 is 3.06 bits per heavy atom. The zero-order valence-corrected chi connectivity index (χ0v) is 9.64. The number of hydrogen-bond donors (Lipinski definition) is 0. The van der Waals surface area contributed by atoms with Gasteiger partial charge in [-0.15, -0.1) is 0 Å². The van der Waals surface area contributed by atoms with Crippen LogP contribution in [-0.4, -0.2) is 22.3 Å². The van der Waals surface area contributed by atoms with Gasteiger partial charge < -0.3 is 4.74 Å². The smallest absolute Gasteiger partial charge is 0.266 e. The summed E-state index contributed by atoms with van der Waals surface area (Å²) in [6.45, 7) is 2.40. The van der Waals surface area contributed by atoms with Crippen molar-refractivity contribution < 1.29 is 13.5 Å². The molecule has 0 aliphatic heterocycles. The van der Waals surface area contributed by atoms with E-state index in [9.17, 15) is 8.78 Å². The van der Waals surface area contributed by atoms with Gasteiger partial charge in [0.2, 0.25) is 5.88 Å². The van der Waals surface area contributed by atoms with Crippen LogP contribution in [0.4, 0.5) is 8.78 Å². The first-order valence-corrected chi connectivity index (χ1v) is 5.80. The lowest BCUT2D eigenvalue weighted by molar-refractivity contribution is 0.323. The predicted octanol–water partition coefficient (Wildman–Crippen LogP) is 3.14. The highest BCUT2D eigenvalue weighted by molar-refractivity contribution is 7.99. The largest absolute Gasteiger partial charge is 0.478 e. The first-order valence-electron chi connectivity index (χ1n) is 4.82. The van der Waals surface area contributed by atoms with Crippen LogP contribution in [-0.2, 0) is 0 Å². The van der Waals surface area contributed by atoms with Crippen LogP contribution in [0.15, 0.2) is 29.6 Å². The average Bonchev–Trinajstić information content (AvgIpc) is 2.25. The van der Waals surface area contributed by atoms with Crippen molar-refractivity contribution in [2.24, 2.45) is 0 Å². The average molecular weight is 246 g/mol. The molecule has 1 aromatic rings. The molecular weight excluding hydrogens is 234 g/mol. The molecule has 0 fully saturated rings. The molecule has 1 aromatic heterocycles. The van der Waals surface area contributed by atoms with Gasteiger partial charge in [-0.2, -0.15) is 13.8 Å². The summed E-state index contributed by atoms with van der Waals surface area (Å²) in [6, 6.07) is 1.66. The lowest BCUT2D eigenvalue weighted by Gasteiger charge is -2.02. The van der Waals surface area contributed by atoms with Crippen molar-refractivity contribution in [1.82, 2.24) is 9.97 Å². The van der Waals surface area contributed by atoms with Crippen molar-refractivity contribution in [2.75, 3.05) is 12.4 Å². The molecule has 88 valence electrons. The molecule has 16 heavy (non-hydrogen) atoms. The second-order valence-electron chi connectivity index (χ2n) is 2.74. The molecule has 0 N–H and O–H groups in total. The number of thioether (sulfide) groups is 1. The van der Waals surface area contributed by atoms with Gasteiger partial charge in [-0.1, -0.05) is 11.8 Å². The molecule has 0 radical (unpaired) electrons. The quantitative estimate of drug-likeness (QED) is 0.439. The Morgan fingerprint density at radius 2 is 2.38 bits per heavy atom. The topological polar surface area (TPSA) is 35.0 Å². The summed E-state index contributed by atoms with van der Waals surface area (Å²) < 4.78 is 28.6. The van der Waals surface area contributed by atoms with Gasteiger partial charge in [0.25, 0.3) is 6.08 Å². The molecule has 0 spiro atoms. The van der Waals surface area contributed by atoms with Gasteiger partial charge in [0, 0.05) is 18.0 Å². The van der Waals surface area contributed by atoms with Gasteiger partial charge in [0.15, 0.2) is 5.16 Å². The zero-order chi connectivity index (χ0) is 11.8. The molecule has 6 heteroatoms. The highest BCUT2D eigenvalue weighted by Gasteiger charge is 2.00. The van der Waals surface area contributed by atoms with Crippen LogP contribution in [0.1, 0.15) is 13.3 Å². The molecule has 0 aliphatic rings. The molecule has 0 atom stereocenters. The van der Waals surface area contributed by atoms with E-state index in [1.165, 1.54) is 11.8 Å². The monoisotopic (exact) mass is 246 g/mol. The predicted molar refractivity (Wildman–Crippen MR) is 58.8 cm³/mol. The van der Waals surface area contributed by atoms with E-state index < -0.39 is 6.08 Å². The third kappa shape index (κ3) is 5.06. The van der Waals surface area contributed by atoms with Crippen molar-refractivity contribution in [1.29, 1.82) is 0 Å². The molecule has 0 aromatic carbocycles. The summed E-state index contributed by atoms with van der Waals surface area (Å²) in [5, 5.41) is 0.540. The SMILES string of the molecule is CCOc1ccnc(SCCC=C(F)F)n1. The van der Waals surface area contributed by atoms with Crippen LogP contribution in [0, 0.1) is 0 Å². The molecule has 1 heterocycles. The molecule has 0 saturated carbocycles. The number of hydrogen-bond acceptors (Lipinski definition) is 4.